The van der Waals surface area contributed by atoms with Crippen molar-refractivity contribution < 1.29 is 4.79 Å². The molecule has 0 saturated carbocycles. The fourth-order valence-electron chi connectivity index (χ4n) is 1.80. The minimum absolute atomic E-state index is 0.0329. The fourth-order valence-corrected chi connectivity index (χ4v) is 2.74. The second kappa shape index (κ2) is 6.60. The van der Waals surface area contributed by atoms with Gasteiger partial charge < -0.3 is 5.32 Å². The number of nitrogens with zero attached hydrogens (tertiary/aromatic N) is 4. The Morgan fingerprint density at radius 1 is 1.50 bits per heavy atom. The molecular formula is C13H19N5OS. The zero-order valence-electron chi connectivity index (χ0n) is 12.0. The molecule has 0 bridgehead atoms. The van der Waals surface area contributed by atoms with Crippen LogP contribution < -0.4 is 5.32 Å². The summed E-state index contributed by atoms with van der Waals surface area (Å²) in [6.45, 7) is 7.12. The molecule has 2 rings (SSSR count). The molecule has 0 spiro atoms. The van der Waals surface area contributed by atoms with Crippen molar-refractivity contribution >= 4 is 17.2 Å². The normalized spacial score (nSPS) is 12.3. The molecule has 2 aromatic heterocycles. The summed E-state index contributed by atoms with van der Waals surface area (Å²) in [6, 6.07) is 0. The van der Waals surface area contributed by atoms with Crippen molar-refractivity contribution in [2.24, 2.45) is 5.92 Å². The van der Waals surface area contributed by atoms with Gasteiger partial charge in [0.15, 0.2) is 0 Å². The number of thiazole rings is 1. The summed E-state index contributed by atoms with van der Waals surface area (Å²) >= 11 is 1.69. The molecule has 6 nitrogen and oxygen atoms in total. The molecule has 2 aromatic rings. The largest absolute Gasteiger partial charge is 0.355 e. The lowest BCUT2D eigenvalue weighted by molar-refractivity contribution is -0.124. The summed E-state index contributed by atoms with van der Waals surface area (Å²) in [5.41, 5.74) is 1.08. The van der Waals surface area contributed by atoms with Crippen LogP contribution in [0, 0.1) is 19.8 Å². The first kappa shape index (κ1) is 14.6. The Kier molecular flexibility index (Phi) is 4.84. The SMILES string of the molecule is Cc1nc(CCNC(=O)C(C)Cn2cncn2)sc1C. The first-order chi connectivity index (χ1) is 9.56. The van der Waals surface area contributed by atoms with Gasteiger partial charge in [0.25, 0.3) is 0 Å². The predicted octanol–water partition coefficient (Wildman–Crippen LogP) is 1.35. The van der Waals surface area contributed by atoms with E-state index in [1.54, 1.807) is 22.3 Å². The molecule has 7 heteroatoms. The molecule has 0 aromatic carbocycles. The Labute approximate surface area is 122 Å². The van der Waals surface area contributed by atoms with E-state index < -0.39 is 0 Å². The molecule has 20 heavy (non-hydrogen) atoms. The Hall–Kier alpha value is -1.76. The first-order valence-corrected chi connectivity index (χ1v) is 7.41. The average molecular weight is 293 g/mol. The van der Waals surface area contributed by atoms with Crippen molar-refractivity contribution in [3.63, 3.8) is 0 Å². The standard InChI is InChI=1S/C13H19N5OS/c1-9(6-18-8-14-7-16-18)13(19)15-5-4-12-17-10(2)11(3)20-12/h7-9H,4-6H2,1-3H3,(H,15,19). The number of aryl methyl sites for hydroxylation is 2. The van der Waals surface area contributed by atoms with Crippen molar-refractivity contribution in [3.05, 3.63) is 28.2 Å². The maximum Gasteiger partial charge on any atom is 0.224 e. The summed E-state index contributed by atoms with van der Waals surface area (Å²) < 4.78 is 1.66. The van der Waals surface area contributed by atoms with Crippen LogP contribution in [0.1, 0.15) is 22.5 Å². The molecule has 1 N–H and O–H groups in total. The number of amides is 1. The lowest BCUT2D eigenvalue weighted by atomic mass is 10.1. The van der Waals surface area contributed by atoms with E-state index in [9.17, 15) is 4.79 Å². The highest BCUT2D eigenvalue weighted by atomic mass is 32.1. The maximum absolute atomic E-state index is 11.9. The van der Waals surface area contributed by atoms with Crippen molar-refractivity contribution in [1.29, 1.82) is 0 Å². The minimum Gasteiger partial charge on any atom is -0.355 e. The van der Waals surface area contributed by atoms with Crippen LogP contribution in [0.3, 0.4) is 0 Å². The van der Waals surface area contributed by atoms with Gasteiger partial charge in [0, 0.05) is 17.8 Å². The van der Waals surface area contributed by atoms with Gasteiger partial charge in [-0.2, -0.15) is 5.10 Å². The zero-order valence-corrected chi connectivity index (χ0v) is 12.8. The van der Waals surface area contributed by atoms with Crippen LogP contribution in [-0.2, 0) is 17.8 Å². The number of carbonyl (C=O) groups is 1. The lowest BCUT2D eigenvalue weighted by Crippen LogP contribution is -2.33. The summed E-state index contributed by atoms with van der Waals surface area (Å²) in [5.74, 6) is -0.0954. The van der Waals surface area contributed by atoms with Gasteiger partial charge in [-0.05, 0) is 13.8 Å². The summed E-state index contributed by atoms with van der Waals surface area (Å²) in [5, 5.41) is 8.01. The van der Waals surface area contributed by atoms with Crippen LogP contribution in [-0.4, -0.2) is 32.2 Å². The molecule has 0 aliphatic rings. The van der Waals surface area contributed by atoms with Crippen LogP contribution in [0.15, 0.2) is 12.7 Å². The Bertz CT molecular complexity index is 544. The molecular weight excluding hydrogens is 274 g/mol. The van der Waals surface area contributed by atoms with E-state index in [0.717, 1.165) is 17.1 Å². The van der Waals surface area contributed by atoms with E-state index in [0.29, 0.717) is 13.1 Å². The van der Waals surface area contributed by atoms with Crippen molar-refractivity contribution in [3.8, 4) is 0 Å². The maximum atomic E-state index is 11.9. The summed E-state index contributed by atoms with van der Waals surface area (Å²) in [4.78, 5) is 21.5. The number of rotatable bonds is 6. The van der Waals surface area contributed by atoms with Gasteiger partial charge in [-0.1, -0.05) is 6.92 Å². The van der Waals surface area contributed by atoms with Crippen molar-refractivity contribution in [1.82, 2.24) is 25.1 Å². The Balaban J connectivity index is 1.74. The van der Waals surface area contributed by atoms with Crippen LogP contribution in [0.2, 0.25) is 0 Å². The summed E-state index contributed by atoms with van der Waals surface area (Å²) in [7, 11) is 0. The number of aromatic nitrogens is 4. The predicted molar refractivity (Wildman–Crippen MR) is 77.5 cm³/mol. The second-order valence-corrected chi connectivity index (χ2v) is 6.10. The highest BCUT2D eigenvalue weighted by Gasteiger charge is 2.13. The molecule has 0 aliphatic carbocycles. The monoisotopic (exact) mass is 293 g/mol. The van der Waals surface area contributed by atoms with Crippen molar-refractivity contribution in [2.75, 3.05) is 6.54 Å². The highest BCUT2D eigenvalue weighted by Crippen LogP contribution is 2.16. The number of nitrogens with one attached hydrogen (secondary N) is 1. The number of hydrogen-bond acceptors (Lipinski definition) is 5. The zero-order chi connectivity index (χ0) is 14.5. The lowest BCUT2D eigenvalue weighted by Gasteiger charge is -2.11. The van der Waals surface area contributed by atoms with Gasteiger partial charge in [-0.25, -0.2) is 9.97 Å². The van der Waals surface area contributed by atoms with Crippen LogP contribution in [0.5, 0.6) is 0 Å². The molecule has 1 unspecified atom stereocenters. The molecule has 0 fully saturated rings. The van der Waals surface area contributed by atoms with Gasteiger partial charge in [-0.3, -0.25) is 9.48 Å². The van der Waals surface area contributed by atoms with E-state index in [4.69, 9.17) is 0 Å². The minimum atomic E-state index is -0.128. The van der Waals surface area contributed by atoms with Gasteiger partial charge in [0.05, 0.1) is 23.2 Å². The molecule has 0 saturated heterocycles. The topological polar surface area (TPSA) is 72.7 Å². The molecule has 0 radical (unpaired) electrons. The Morgan fingerprint density at radius 3 is 2.90 bits per heavy atom. The molecule has 2 heterocycles. The van der Waals surface area contributed by atoms with Crippen LogP contribution in [0.4, 0.5) is 0 Å². The van der Waals surface area contributed by atoms with Gasteiger partial charge in [0.1, 0.15) is 12.7 Å². The fraction of sp³-hybridized carbons (Fsp3) is 0.538. The Morgan fingerprint density at radius 2 is 2.30 bits per heavy atom. The van der Waals surface area contributed by atoms with Gasteiger partial charge in [0.2, 0.25) is 5.91 Å². The quantitative estimate of drug-likeness (QED) is 0.872. The van der Waals surface area contributed by atoms with Crippen molar-refractivity contribution in [2.45, 2.75) is 33.7 Å². The van der Waals surface area contributed by atoms with Gasteiger partial charge >= 0.3 is 0 Å². The van der Waals surface area contributed by atoms with E-state index in [1.165, 1.54) is 11.2 Å². The van der Waals surface area contributed by atoms with Crippen LogP contribution in [0.25, 0.3) is 0 Å². The van der Waals surface area contributed by atoms with E-state index in [1.807, 2.05) is 13.8 Å². The smallest absolute Gasteiger partial charge is 0.224 e. The van der Waals surface area contributed by atoms with Gasteiger partial charge in [-0.15, -0.1) is 11.3 Å². The third-order valence-electron chi connectivity index (χ3n) is 3.09. The molecule has 108 valence electrons. The summed E-state index contributed by atoms with van der Waals surface area (Å²) in [6.07, 6.45) is 3.86. The second-order valence-electron chi connectivity index (χ2n) is 4.81. The number of hydrogen-bond donors (Lipinski definition) is 1. The first-order valence-electron chi connectivity index (χ1n) is 6.59. The average Bonchev–Trinajstić information content (AvgIpc) is 3.00. The number of carbonyl (C=O) groups excluding carboxylic acids is 1. The van der Waals surface area contributed by atoms with E-state index in [-0.39, 0.29) is 11.8 Å². The molecule has 0 aliphatic heterocycles. The van der Waals surface area contributed by atoms with E-state index >= 15 is 0 Å². The van der Waals surface area contributed by atoms with Crippen LogP contribution >= 0.6 is 11.3 Å². The third-order valence-corrected chi connectivity index (χ3v) is 4.22. The highest BCUT2D eigenvalue weighted by molar-refractivity contribution is 7.11. The third kappa shape index (κ3) is 3.86. The molecule has 1 atom stereocenters. The molecule has 1 amide bonds. The van der Waals surface area contributed by atoms with E-state index in [2.05, 4.69) is 27.3 Å².